The fourth-order valence-corrected chi connectivity index (χ4v) is 1.77. The smallest absolute Gasteiger partial charge is 0.118 e. The van der Waals surface area contributed by atoms with Gasteiger partial charge in [-0.2, -0.15) is 0 Å². The van der Waals surface area contributed by atoms with Gasteiger partial charge in [0.15, 0.2) is 0 Å². The number of hydrogen-bond donors (Lipinski definition) is 1. The van der Waals surface area contributed by atoms with Crippen LogP contribution in [0.25, 0.3) is 11.1 Å². The lowest BCUT2D eigenvalue weighted by atomic mass is 10.1. The fraction of sp³-hybridized carbons (Fsp3) is 0.214. The van der Waals surface area contributed by atoms with E-state index in [-0.39, 0.29) is 0 Å². The molecule has 0 spiro atoms. The number of anilines is 1. The summed E-state index contributed by atoms with van der Waals surface area (Å²) in [5, 5.41) is 3.19. The Morgan fingerprint density at radius 2 is 1.88 bits per heavy atom. The number of aromatic nitrogens is 1. The zero-order valence-electron chi connectivity index (χ0n) is 10.3. The largest absolute Gasteiger partial charge is 0.497 e. The second kappa shape index (κ2) is 4.87. The Morgan fingerprint density at radius 1 is 1.18 bits per heavy atom. The molecule has 0 atom stereocenters. The van der Waals surface area contributed by atoms with E-state index in [0.717, 1.165) is 28.3 Å². The van der Waals surface area contributed by atoms with Crippen molar-refractivity contribution in [3.63, 3.8) is 0 Å². The van der Waals surface area contributed by atoms with Gasteiger partial charge in [-0.3, -0.25) is 4.98 Å². The van der Waals surface area contributed by atoms with E-state index in [9.17, 15) is 0 Å². The quantitative estimate of drug-likeness (QED) is 0.876. The molecule has 88 valence electrons. The van der Waals surface area contributed by atoms with Crippen molar-refractivity contribution < 1.29 is 4.74 Å². The summed E-state index contributed by atoms with van der Waals surface area (Å²) in [5.41, 5.74) is 4.32. The molecule has 1 aromatic carbocycles. The number of rotatable bonds is 3. The first-order valence-corrected chi connectivity index (χ1v) is 5.53. The van der Waals surface area contributed by atoms with Crippen LogP contribution < -0.4 is 10.1 Å². The molecule has 0 unspecified atom stereocenters. The normalized spacial score (nSPS) is 10.1. The summed E-state index contributed by atoms with van der Waals surface area (Å²) in [6, 6.07) is 10.0. The average Bonchev–Trinajstić information content (AvgIpc) is 2.39. The topological polar surface area (TPSA) is 34.2 Å². The number of ether oxygens (including phenoxy) is 1. The molecule has 2 aromatic rings. The van der Waals surface area contributed by atoms with E-state index in [1.807, 2.05) is 50.5 Å². The zero-order valence-corrected chi connectivity index (χ0v) is 10.3. The Kier molecular flexibility index (Phi) is 3.28. The monoisotopic (exact) mass is 228 g/mol. The molecule has 1 heterocycles. The number of hydrogen-bond acceptors (Lipinski definition) is 3. The van der Waals surface area contributed by atoms with Gasteiger partial charge < -0.3 is 10.1 Å². The first-order chi connectivity index (χ1) is 8.24. The van der Waals surface area contributed by atoms with Crippen molar-refractivity contribution in [3.8, 4) is 16.9 Å². The number of benzene rings is 1. The van der Waals surface area contributed by atoms with Crippen LogP contribution in [0.5, 0.6) is 5.75 Å². The van der Waals surface area contributed by atoms with Gasteiger partial charge in [0.05, 0.1) is 7.11 Å². The van der Waals surface area contributed by atoms with Crippen LogP contribution >= 0.6 is 0 Å². The second-order valence-corrected chi connectivity index (χ2v) is 3.85. The number of pyridine rings is 1. The molecule has 0 fully saturated rings. The Labute approximate surface area is 101 Å². The molecule has 0 radical (unpaired) electrons. The van der Waals surface area contributed by atoms with Crippen LogP contribution in [0.15, 0.2) is 36.5 Å². The van der Waals surface area contributed by atoms with Gasteiger partial charge >= 0.3 is 0 Å². The van der Waals surface area contributed by atoms with Crippen LogP contribution in [0.4, 0.5) is 5.69 Å². The highest BCUT2D eigenvalue weighted by Crippen LogP contribution is 2.28. The van der Waals surface area contributed by atoms with E-state index in [1.165, 1.54) is 0 Å². The lowest BCUT2D eigenvalue weighted by Gasteiger charge is -2.10. The molecule has 0 saturated heterocycles. The molecule has 0 amide bonds. The van der Waals surface area contributed by atoms with Gasteiger partial charge in [-0.1, -0.05) is 12.1 Å². The molecule has 17 heavy (non-hydrogen) atoms. The van der Waals surface area contributed by atoms with Crippen LogP contribution in [0.1, 0.15) is 5.69 Å². The number of methoxy groups -OCH3 is 1. The highest BCUT2D eigenvalue weighted by Gasteiger charge is 2.05. The Morgan fingerprint density at radius 3 is 2.47 bits per heavy atom. The first-order valence-electron chi connectivity index (χ1n) is 5.53. The van der Waals surface area contributed by atoms with Gasteiger partial charge in [-0.25, -0.2) is 0 Å². The van der Waals surface area contributed by atoms with Crippen molar-refractivity contribution in [1.82, 2.24) is 4.98 Å². The SMILES string of the molecule is CNc1cc(C)ncc1-c1ccc(OC)cc1. The minimum absolute atomic E-state index is 0.861. The molecule has 1 N–H and O–H groups in total. The summed E-state index contributed by atoms with van der Waals surface area (Å²) in [5.74, 6) is 0.861. The summed E-state index contributed by atoms with van der Waals surface area (Å²) in [4.78, 5) is 4.34. The number of nitrogens with one attached hydrogen (secondary N) is 1. The van der Waals surface area contributed by atoms with Gasteiger partial charge in [0.25, 0.3) is 0 Å². The molecule has 0 aliphatic rings. The van der Waals surface area contributed by atoms with Crippen LogP contribution in [-0.4, -0.2) is 19.1 Å². The molecule has 0 bridgehead atoms. The third-order valence-electron chi connectivity index (χ3n) is 2.71. The maximum absolute atomic E-state index is 5.15. The molecular formula is C14H16N2O. The molecule has 2 rings (SSSR count). The molecule has 3 heteroatoms. The van der Waals surface area contributed by atoms with Crippen molar-refractivity contribution >= 4 is 5.69 Å². The molecule has 1 aromatic heterocycles. The summed E-state index contributed by atoms with van der Waals surface area (Å²) in [6.07, 6.45) is 1.89. The fourth-order valence-electron chi connectivity index (χ4n) is 1.77. The van der Waals surface area contributed by atoms with Crippen LogP contribution in [0, 0.1) is 6.92 Å². The van der Waals surface area contributed by atoms with Crippen molar-refractivity contribution in [1.29, 1.82) is 0 Å². The standard InChI is InChI=1S/C14H16N2O/c1-10-8-14(15-2)13(9-16-10)11-4-6-12(17-3)7-5-11/h4-9H,1-3H3,(H,15,16). The van der Waals surface area contributed by atoms with Crippen molar-refractivity contribution in [3.05, 3.63) is 42.2 Å². The highest BCUT2D eigenvalue weighted by molar-refractivity contribution is 5.77. The summed E-state index contributed by atoms with van der Waals surface area (Å²) >= 11 is 0. The molecule has 0 saturated carbocycles. The Balaban J connectivity index is 2.44. The lowest BCUT2D eigenvalue weighted by molar-refractivity contribution is 0.415. The van der Waals surface area contributed by atoms with E-state index in [2.05, 4.69) is 10.3 Å². The van der Waals surface area contributed by atoms with Gasteiger partial charge in [0.2, 0.25) is 0 Å². The highest BCUT2D eigenvalue weighted by atomic mass is 16.5. The van der Waals surface area contributed by atoms with Gasteiger partial charge in [0, 0.05) is 30.2 Å². The van der Waals surface area contributed by atoms with E-state index in [4.69, 9.17) is 4.74 Å². The van der Waals surface area contributed by atoms with Gasteiger partial charge in [-0.05, 0) is 30.7 Å². The van der Waals surface area contributed by atoms with E-state index in [1.54, 1.807) is 7.11 Å². The van der Waals surface area contributed by atoms with Gasteiger partial charge in [0.1, 0.15) is 5.75 Å². The first kappa shape index (κ1) is 11.5. The summed E-state index contributed by atoms with van der Waals surface area (Å²) in [7, 11) is 3.59. The molecule has 0 aliphatic carbocycles. The van der Waals surface area contributed by atoms with E-state index in [0.29, 0.717) is 0 Å². The number of aryl methyl sites for hydroxylation is 1. The average molecular weight is 228 g/mol. The third kappa shape index (κ3) is 2.38. The Hall–Kier alpha value is -2.03. The number of nitrogens with zero attached hydrogens (tertiary/aromatic N) is 1. The third-order valence-corrected chi connectivity index (χ3v) is 2.71. The lowest BCUT2D eigenvalue weighted by Crippen LogP contribution is -1.94. The predicted octanol–water partition coefficient (Wildman–Crippen LogP) is 3.11. The maximum atomic E-state index is 5.15. The van der Waals surface area contributed by atoms with Gasteiger partial charge in [-0.15, -0.1) is 0 Å². The molecular weight excluding hydrogens is 212 g/mol. The van der Waals surface area contributed by atoms with Crippen molar-refractivity contribution in [2.24, 2.45) is 0 Å². The van der Waals surface area contributed by atoms with Crippen LogP contribution in [0.2, 0.25) is 0 Å². The summed E-state index contributed by atoms with van der Waals surface area (Å²) in [6.45, 7) is 1.98. The van der Waals surface area contributed by atoms with Crippen molar-refractivity contribution in [2.45, 2.75) is 6.92 Å². The van der Waals surface area contributed by atoms with Crippen molar-refractivity contribution in [2.75, 3.05) is 19.5 Å². The van der Waals surface area contributed by atoms with E-state index < -0.39 is 0 Å². The van der Waals surface area contributed by atoms with E-state index >= 15 is 0 Å². The van der Waals surface area contributed by atoms with Crippen LogP contribution in [0.3, 0.4) is 0 Å². The molecule has 0 aliphatic heterocycles. The second-order valence-electron chi connectivity index (χ2n) is 3.85. The minimum Gasteiger partial charge on any atom is -0.497 e. The molecule has 3 nitrogen and oxygen atoms in total. The summed E-state index contributed by atoms with van der Waals surface area (Å²) < 4.78 is 5.15. The van der Waals surface area contributed by atoms with Crippen LogP contribution in [-0.2, 0) is 0 Å². The zero-order chi connectivity index (χ0) is 12.3. The maximum Gasteiger partial charge on any atom is 0.118 e. The minimum atomic E-state index is 0.861. The Bertz CT molecular complexity index is 506. The predicted molar refractivity (Wildman–Crippen MR) is 70.5 cm³/mol.